The van der Waals surface area contributed by atoms with Crippen LogP contribution in [-0.4, -0.2) is 20.7 Å². The fourth-order valence-corrected chi connectivity index (χ4v) is 2.25. The Morgan fingerprint density at radius 3 is 2.67 bits per heavy atom. The van der Waals surface area contributed by atoms with E-state index in [4.69, 9.17) is 16.3 Å². The largest absolute Gasteiger partial charge is 0.454 e. The number of carbonyl (C=O) groups is 1. The monoisotopic (exact) mass is 343 g/mol. The van der Waals surface area contributed by atoms with Crippen LogP contribution in [0.2, 0.25) is 5.15 Å². The molecule has 2 heterocycles. The molecular formula is C17H11ClFN3O2. The van der Waals surface area contributed by atoms with Crippen molar-refractivity contribution in [3.63, 3.8) is 0 Å². The van der Waals surface area contributed by atoms with E-state index in [1.54, 1.807) is 18.2 Å². The summed E-state index contributed by atoms with van der Waals surface area (Å²) in [5, 5.41) is 0.299. The van der Waals surface area contributed by atoms with Gasteiger partial charge in [-0.3, -0.25) is 4.79 Å². The number of benzene rings is 1. The highest BCUT2D eigenvalue weighted by Gasteiger charge is 2.12. The molecule has 0 amide bonds. The van der Waals surface area contributed by atoms with Crippen molar-refractivity contribution in [3.05, 3.63) is 77.3 Å². The average molecular weight is 344 g/mol. The predicted molar refractivity (Wildman–Crippen MR) is 85.8 cm³/mol. The average Bonchev–Trinajstić information content (AvgIpc) is 2.55. The van der Waals surface area contributed by atoms with Gasteiger partial charge in [0.15, 0.2) is 11.5 Å². The van der Waals surface area contributed by atoms with Gasteiger partial charge in [-0.15, -0.1) is 0 Å². The van der Waals surface area contributed by atoms with Crippen LogP contribution in [0.3, 0.4) is 0 Å². The van der Waals surface area contributed by atoms with Crippen LogP contribution in [0.15, 0.2) is 55.1 Å². The number of rotatable bonds is 5. The lowest BCUT2D eigenvalue weighted by Crippen LogP contribution is -2.06. The first kappa shape index (κ1) is 16.0. The molecule has 0 bridgehead atoms. The maximum Gasteiger partial charge on any atom is 0.169 e. The van der Waals surface area contributed by atoms with E-state index < -0.39 is 5.82 Å². The normalized spacial score (nSPS) is 10.4. The van der Waals surface area contributed by atoms with E-state index in [0.717, 1.165) is 6.07 Å². The summed E-state index contributed by atoms with van der Waals surface area (Å²) in [6, 6.07) is 8.80. The van der Waals surface area contributed by atoms with Crippen LogP contribution in [0.5, 0.6) is 11.5 Å². The van der Waals surface area contributed by atoms with Crippen molar-refractivity contribution in [1.82, 2.24) is 15.0 Å². The summed E-state index contributed by atoms with van der Waals surface area (Å²) >= 11 is 5.80. The number of aromatic nitrogens is 3. The zero-order chi connectivity index (χ0) is 16.9. The number of pyridine rings is 1. The zero-order valence-electron chi connectivity index (χ0n) is 12.3. The SMILES string of the molecule is O=C(Cc1cccc(Cl)n1)c1cc(F)cc(Oc2cncnc2)c1. The number of carbonyl (C=O) groups excluding carboxylic acids is 1. The topological polar surface area (TPSA) is 65.0 Å². The third kappa shape index (κ3) is 4.11. The smallest absolute Gasteiger partial charge is 0.169 e. The van der Waals surface area contributed by atoms with Gasteiger partial charge in [-0.2, -0.15) is 0 Å². The highest BCUT2D eigenvalue weighted by molar-refractivity contribution is 6.29. The van der Waals surface area contributed by atoms with Crippen LogP contribution >= 0.6 is 11.6 Å². The molecule has 0 aliphatic heterocycles. The van der Waals surface area contributed by atoms with E-state index in [2.05, 4.69) is 15.0 Å². The molecule has 0 aliphatic rings. The van der Waals surface area contributed by atoms with Crippen LogP contribution in [0.4, 0.5) is 4.39 Å². The Kier molecular flexibility index (Phi) is 4.77. The first-order chi connectivity index (χ1) is 11.6. The number of Topliss-reactive ketones (excluding diaryl/α,β-unsaturated/α-hetero) is 1. The van der Waals surface area contributed by atoms with Crippen molar-refractivity contribution in [1.29, 1.82) is 0 Å². The number of nitrogens with zero attached hydrogens (tertiary/aromatic N) is 3. The highest BCUT2D eigenvalue weighted by Crippen LogP contribution is 2.23. The van der Waals surface area contributed by atoms with Gasteiger partial charge in [0.25, 0.3) is 0 Å². The molecule has 0 atom stereocenters. The lowest BCUT2D eigenvalue weighted by atomic mass is 10.1. The number of hydrogen-bond acceptors (Lipinski definition) is 5. The van der Waals surface area contributed by atoms with Gasteiger partial charge in [-0.05, 0) is 24.3 Å². The number of hydrogen-bond donors (Lipinski definition) is 0. The second-order valence-electron chi connectivity index (χ2n) is 4.90. The quantitative estimate of drug-likeness (QED) is 0.519. The van der Waals surface area contributed by atoms with Crippen molar-refractivity contribution in [2.45, 2.75) is 6.42 Å². The van der Waals surface area contributed by atoms with Crippen molar-refractivity contribution in [3.8, 4) is 11.5 Å². The Morgan fingerprint density at radius 2 is 1.92 bits per heavy atom. The fraction of sp³-hybridized carbons (Fsp3) is 0.0588. The van der Waals surface area contributed by atoms with Gasteiger partial charge >= 0.3 is 0 Å². The highest BCUT2D eigenvalue weighted by atomic mass is 35.5. The van der Waals surface area contributed by atoms with Gasteiger partial charge in [0.05, 0.1) is 18.8 Å². The van der Waals surface area contributed by atoms with Gasteiger partial charge in [0, 0.05) is 17.3 Å². The van der Waals surface area contributed by atoms with E-state index >= 15 is 0 Å². The van der Waals surface area contributed by atoms with Gasteiger partial charge in [0.2, 0.25) is 0 Å². The van der Waals surface area contributed by atoms with E-state index in [9.17, 15) is 9.18 Å². The molecule has 120 valence electrons. The lowest BCUT2D eigenvalue weighted by molar-refractivity contribution is 0.0991. The molecule has 0 aliphatic carbocycles. The molecule has 0 spiro atoms. The van der Waals surface area contributed by atoms with Gasteiger partial charge in [-0.25, -0.2) is 19.3 Å². The molecule has 0 unspecified atom stereocenters. The van der Waals surface area contributed by atoms with Crippen LogP contribution in [0.25, 0.3) is 0 Å². The predicted octanol–water partition coefficient (Wildman–Crippen LogP) is 3.88. The van der Waals surface area contributed by atoms with Crippen molar-refractivity contribution in [2.75, 3.05) is 0 Å². The molecule has 0 saturated heterocycles. The Bertz CT molecular complexity index is 875. The summed E-state index contributed by atoms with van der Waals surface area (Å²) in [6.45, 7) is 0. The summed E-state index contributed by atoms with van der Waals surface area (Å²) in [6.07, 6.45) is 4.24. The Labute approximate surface area is 142 Å². The minimum atomic E-state index is -0.577. The summed E-state index contributed by atoms with van der Waals surface area (Å²) < 4.78 is 19.3. The minimum absolute atomic E-state index is 0.0118. The summed E-state index contributed by atoms with van der Waals surface area (Å²) in [7, 11) is 0. The molecule has 0 saturated carbocycles. The Morgan fingerprint density at radius 1 is 1.12 bits per heavy atom. The van der Waals surface area contributed by atoms with Crippen molar-refractivity contribution >= 4 is 17.4 Å². The molecule has 1 aromatic carbocycles. The maximum atomic E-state index is 13.8. The molecule has 0 fully saturated rings. The Hall–Kier alpha value is -2.86. The molecule has 24 heavy (non-hydrogen) atoms. The number of ether oxygens (including phenoxy) is 1. The molecule has 5 nitrogen and oxygen atoms in total. The molecule has 7 heteroatoms. The van der Waals surface area contributed by atoms with Crippen LogP contribution in [-0.2, 0) is 6.42 Å². The van der Waals surface area contributed by atoms with Crippen LogP contribution in [0.1, 0.15) is 16.1 Å². The van der Waals surface area contributed by atoms with E-state index in [0.29, 0.717) is 16.6 Å². The molecular weight excluding hydrogens is 333 g/mol. The second-order valence-corrected chi connectivity index (χ2v) is 5.29. The summed E-state index contributed by atoms with van der Waals surface area (Å²) in [5.74, 6) is -0.338. The lowest BCUT2D eigenvalue weighted by Gasteiger charge is -2.07. The molecule has 2 aromatic heterocycles. The molecule has 3 aromatic rings. The molecule has 0 radical (unpaired) electrons. The van der Waals surface area contributed by atoms with Crippen molar-refractivity contribution < 1.29 is 13.9 Å². The van der Waals surface area contributed by atoms with Crippen molar-refractivity contribution in [2.24, 2.45) is 0 Å². The second kappa shape index (κ2) is 7.14. The third-order valence-electron chi connectivity index (χ3n) is 3.08. The fourth-order valence-electron chi connectivity index (χ4n) is 2.07. The van der Waals surface area contributed by atoms with Crippen LogP contribution < -0.4 is 4.74 Å². The van der Waals surface area contributed by atoms with E-state index in [1.165, 1.54) is 30.9 Å². The molecule has 3 rings (SSSR count). The van der Waals surface area contributed by atoms with E-state index in [1.807, 2.05) is 0 Å². The first-order valence-electron chi connectivity index (χ1n) is 6.98. The van der Waals surface area contributed by atoms with E-state index in [-0.39, 0.29) is 23.5 Å². The van der Waals surface area contributed by atoms with Crippen LogP contribution in [0, 0.1) is 5.82 Å². The standard InChI is InChI=1S/C17H11ClFN3O2/c18-17-3-1-2-13(22-17)7-16(23)11-4-12(19)6-14(5-11)24-15-8-20-10-21-9-15/h1-6,8-10H,7H2. The zero-order valence-corrected chi connectivity index (χ0v) is 13.1. The first-order valence-corrected chi connectivity index (χ1v) is 7.36. The molecule has 0 N–H and O–H groups in total. The van der Waals surface area contributed by atoms with Gasteiger partial charge in [0.1, 0.15) is 23.0 Å². The van der Waals surface area contributed by atoms with Gasteiger partial charge in [-0.1, -0.05) is 17.7 Å². The number of halogens is 2. The third-order valence-corrected chi connectivity index (χ3v) is 3.29. The Balaban J connectivity index is 1.81. The van der Waals surface area contributed by atoms with Gasteiger partial charge < -0.3 is 4.74 Å². The summed E-state index contributed by atoms with van der Waals surface area (Å²) in [4.78, 5) is 24.0. The maximum absolute atomic E-state index is 13.8. The number of ketones is 1. The minimum Gasteiger partial charge on any atom is -0.454 e. The summed E-state index contributed by atoms with van der Waals surface area (Å²) in [5.41, 5.74) is 0.694.